The van der Waals surface area contributed by atoms with Gasteiger partial charge in [-0.15, -0.1) is 0 Å². The van der Waals surface area contributed by atoms with E-state index in [4.69, 9.17) is 11.8 Å². The van der Waals surface area contributed by atoms with Crippen LogP contribution in [0.2, 0.25) is 0 Å². The number of hydrogen-bond acceptors (Lipinski definition) is 1. The number of fused-ring (bicyclic) bond motifs is 2. The molecule has 0 aliphatic heterocycles. The Morgan fingerprint density at radius 1 is 1.55 bits per heavy atom. The minimum atomic E-state index is -0.608. The molecule has 3 atom stereocenters. The molecule has 0 saturated heterocycles. The third-order valence-electron chi connectivity index (χ3n) is 3.21. The molecule has 0 aromatic carbocycles. The lowest BCUT2D eigenvalue weighted by Crippen LogP contribution is -2.29. The molecule has 2 rings (SSSR count). The van der Waals surface area contributed by atoms with Gasteiger partial charge in [0.15, 0.2) is 6.07 Å². The fourth-order valence-corrected chi connectivity index (χ4v) is 2.60. The Kier molecular flexibility index (Phi) is 1.20. The Balaban J connectivity index is 2.31. The summed E-state index contributed by atoms with van der Waals surface area (Å²) in [6.45, 7) is 7.00. The largest absolute Gasteiger partial charge is 0.318 e. The topological polar surface area (TPSA) is 28.1 Å². The van der Waals surface area contributed by atoms with E-state index >= 15 is 0 Å². The van der Waals surface area contributed by atoms with Gasteiger partial charge < -0.3 is 0 Å². The highest BCUT2D eigenvalue weighted by Gasteiger charge is 2.57. The van der Waals surface area contributed by atoms with Crippen LogP contribution in [0.3, 0.4) is 0 Å². The van der Waals surface area contributed by atoms with Crippen LogP contribution in [0.5, 0.6) is 0 Å². The van der Waals surface area contributed by atoms with Gasteiger partial charge in [0.1, 0.15) is 0 Å². The van der Waals surface area contributed by atoms with Crippen molar-refractivity contribution >= 4 is 0 Å². The minimum absolute atomic E-state index is 0.398. The molecule has 2 bridgehead atoms. The van der Waals surface area contributed by atoms with Crippen LogP contribution >= 0.6 is 0 Å². The summed E-state index contributed by atoms with van der Waals surface area (Å²) >= 11 is 0. The quantitative estimate of drug-likeness (QED) is 0.480. The van der Waals surface area contributed by atoms with Crippen LogP contribution in [0.15, 0.2) is 0 Å². The molecule has 0 aromatic heterocycles. The summed E-state index contributed by atoms with van der Waals surface area (Å²) in [5.41, 5.74) is -0.608. The zero-order valence-electron chi connectivity index (χ0n) is 6.38. The fraction of sp³-hybridized carbons (Fsp3) is 0.778. The highest BCUT2D eigenvalue weighted by atomic mass is 14.9. The van der Waals surface area contributed by atoms with Gasteiger partial charge >= 0.3 is 5.54 Å². The summed E-state index contributed by atoms with van der Waals surface area (Å²) in [6, 6.07) is 2.20. The molecule has 2 heteroatoms. The van der Waals surface area contributed by atoms with Crippen molar-refractivity contribution in [1.82, 2.24) is 0 Å². The third kappa shape index (κ3) is 0.701. The first kappa shape index (κ1) is 6.68. The van der Waals surface area contributed by atoms with Crippen molar-refractivity contribution in [2.24, 2.45) is 11.8 Å². The predicted molar refractivity (Wildman–Crippen MR) is 40.4 cm³/mol. The van der Waals surface area contributed by atoms with E-state index in [9.17, 15) is 0 Å². The van der Waals surface area contributed by atoms with E-state index < -0.39 is 5.54 Å². The Morgan fingerprint density at radius 3 is 2.64 bits per heavy atom. The van der Waals surface area contributed by atoms with Crippen molar-refractivity contribution in [3.8, 4) is 6.07 Å². The molecule has 2 aliphatic carbocycles. The SMILES string of the molecule is [C-]#[N+]C1(C#N)CC2CCC1C2. The second-order valence-corrected chi connectivity index (χ2v) is 3.73. The molecule has 2 aliphatic rings. The summed E-state index contributed by atoms with van der Waals surface area (Å²) in [5.74, 6) is 1.09. The summed E-state index contributed by atoms with van der Waals surface area (Å²) < 4.78 is 0. The van der Waals surface area contributed by atoms with E-state index in [1.165, 1.54) is 6.42 Å². The first-order chi connectivity index (χ1) is 5.30. The van der Waals surface area contributed by atoms with Gasteiger partial charge in [0, 0.05) is 6.42 Å². The van der Waals surface area contributed by atoms with Gasteiger partial charge in [-0.3, -0.25) is 4.85 Å². The van der Waals surface area contributed by atoms with Crippen LogP contribution in [0, 0.1) is 29.7 Å². The van der Waals surface area contributed by atoms with Gasteiger partial charge in [0.25, 0.3) is 0 Å². The van der Waals surface area contributed by atoms with E-state index in [1.54, 1.807) is 0 Å². The van der Waals surface area contributed by atoms with E-state index in [0.717, 1.165) is 19.3 Å². The van der Waals surface area contributed by atoms with Gasteiger partial charge in [0.05, 0.1) is 5.92 Å². The zero-order valence-corrected chi connectivity index (χ0v) is 6.38. The van der Waals surface area contributed by atoms with Crippen LogP contribution in [-0.2, 0) is 0 Å². The van der Waals surface area contributed by atoms with Crippen LogP contribution < -0.4 is 0 Å². The maximum absolute atomic E-state index is 8.87. The van der Waals surface area contributed by atoms with Gasteiger partial charge in [-0.1, -0.05) is 0 Å². The van der Waals surface area contributed by atoms with Crippen molar-refractivity contribution in [2.45, 2.75) is 31.2 Å². The Labute approximate surface area is 66.6 Å². The monoisotopic (exact) mass is 146 g/mol. The molecule has 56 valence electrons. The minimum Gasteiger partial charge on any atom is -0.294 e. The van der Waals surface area contributed by atoms with Crippen molar-refractivity contribution in [1.29, 1.82) is 5.26 Å². The molecular formula is C9H10N2. The molecule has 0 aromatic rings. The van der Waals surface area contributed by atoms with Crippen LogP contribution in [-0.4, -0.2) is 5.54 Å². The van der Waals surface area contributed by atoms with E-state index in [0.29, 0.717) is 11.8 Å². The molecule has 3 unspecified atom stereocenters. The molecule has 2 nitrogen and oxygen atoms in total. The highest BCUT2D eigenvalue weighted by molar-refractivity contribution is 5.24. The van der Waals surface area contributed by atoms with Gasteiger partial charge in [-0.25, -0.2) is 6.57 Å². The van der Waals surface area contributed by atoms with E-state index in [1.807, 2.05) is 0 Å². The third-order valence-corrected chi connectivity index (χ3v) is 3.21. The molecule has 11 heavy (non-hydrogen) atoms. The number of nitrogens with zero attached hydrogens (tertiary/aromatic N) is 2. The lowest BCUT2D eigenvalue weighted by atomic mass is 9.83. The lowest BCUT2D eigenvalue weighted by molar-refractivity contribution is 0.389. The summed E-state index contributed by atoms with van der Waals surface area (Å²) in [4.78, 5) is 3.51. The van der Waals surface area contributed by atoms with Crippen molar-refractivity contribution in [3.05, 3.63) is 11.4 Å². The van der Waals surface area contributed by atoms with Gasteiger partial charge in [-0.05, 0) is 25.2 Å². The highest BCUT2D eigenvalue weighted by Crippen LogP contribution is 2.52. The summed E-state index contributed by atoms with van der Waals surface area (Å²) in [6.07, 6.45) is 4.35. The normalized spacial score (nSPS) is 46.7. The molecule has 0 spiro atoms. The fourth-order valence-electron chi connectivity index (χ4n) is 2.60. The maximum Gasteiger partial charge on any atom is 0.318 e. The predicted octanol–water partition coefficient (Wildman–Crippen LogP) is 1.99. The summed E-state index contributed by atoms with van der Waals surface area (Å²) in [5, 5.41) is 8.87. The second-order valence-electron chi connectivity index (χ2n) is 3.73. The molecule has 0 heterocycles. The standard InChI is InChI=1S/C9H10N2/c1-11-9(6-10)5-7-2-3-8(9)4-7/h7-8H,2-5H2. The molecule has 0 N–H and O–H groups in total. The van der Waals surface area contributed by atoms with Crippen molar-refractivity contribution in [3.63, 3.8) is 0 Å². The van der Waals surface area contributed by atoms with Crippen molar-refractivity contribution < 1.29 is 0 Å². The van der Waals surface area contributed by atoms with E-state index in [2.05, 4.69) is 10.9 Å². The number of nitriles is 1. The smallest absolute Gasteiger partial charge is 0.294 e. The summed E-state index contributed by atoms with van der Waals surface area (Å²) in [7, 11) is 0. The van der Waals surface area contributed by atoms with Crippen LogP contribution in [0.25, 0.3) is 4.85 Å². The first-order valence-corrected chi connectivity index (χ1v) is 4.10. The van der Waals surface area contributed by atoms with E-state index in [-0.39, 0.29) is 0 Å². The zero-order chi connectivity index (χ0) is 7.90. The van der Waals surface area contributed by atoms with Crippen LogP contribution in [0.1, 0.15) is 25.7 Å². The molecule has 2 saturated carbocycles. The average Bonchev–Trinajstić information content (AvgIpc) is 2.62. The molecule has 2 fully saturated rings. The van der Waals surface area contributed by atoms with Gasteiger partial charge in [0.2, 0.25) is 0 Å². The van der Waals surface area contributed by atoms with Gasteiger partial charge in [-0.2, -0.15) is 5.26 Å². The Bertz CT molecular complexity index is 242. The van der Waals surface area contributed by atoms with Crippen LogP contribution in [0.4, 0.5) is 0 Å². The second kappa shape index (κ2) is 1.98. The Morgan fingerprint density at radius 2 is 2.36 bits per heavy atom. The number of hydrogen-bond donors (Lipinski definition) is 0. The lowest BCUT2D eigenvalue weighted by Gasteiger charge is -2.18. The Hall–Kier alpha value is -1.02. The maximum atomic E-state index is 8.87. The molecule has 0 amide bonds. The first-order valence-electron chi connectivity index (χ1n) is 4.10. The van der Waals surface area contributed by atoms with Crippen molar-refractivity contribution in [2.75, 3.05) is 0 Å². The average molecular weight is 146 g/mol. The number of rotatable bonds is 0. The molecular weight excluding hydrogens is 136 g/mol. The molecule has 0 radical (unpaired) electrons.